The van der Waals surface area contributed by atoms with E-state index in [1.807, 2.05) is 0 Å². The molecule has 0 aliphatic carbocycles. The average Bonchev–Trinajstić information content (AvgIpc) is 2.37. The minimum Gasteiger partial charge on any atom is -0.481 e. The topological polar surface area (TPSA) is 134 Å². The number of methoxy groups -OCH3 is 1. The highest BCUT2D eigenvalue weighted by atomic mass is 16.5. The molecule has 20 heavy (non-hydrogen) atoms. The van der Waals surface area contributed by atoms with E-state index < -0.39 is 18.0 Å². The van der Waals surface area contributed by atoms with Crippen molar-refractivity contribution in [1.29, 1.82) is 0 Å². The average molecular weight is 284 g/mol. The number of rotatable bonds is 6. The van der Waals surface area contributed by atoms with Gasteiger partial charge in [-0.3, -0.25) is 5.32 Å². The first-order valence-corrected chi connectivity index (χ1v) is 5.77. The van der Waals surface area contributed by atoms with Crippen LogP contribution in [0.15, 0.2) is 6.07 Å². The summed E-state index contributed by atoms with van der Waals surface area (Å²) in [5, 5.41) is 22.1. The standard InChI is InChI=1S/C11H16N4O5/c1-6-5-8(20-2)14-10(12-6)15-11(19)13-7(3-4-16)9(17)18/h5,7,16H,3-4H2,1-2H3,(H,17,18)(H2,12,13,14,15,19). The van der Waals surface area contributed by atoms with Gasteiger partial charge >= 0.3 is 12.0 Å². The summed E-state index contributed by atoms with van der Waals surface area (Å²) in [6, 6.07) is -0.389. The van der Waals surface area contributed by atoms with Gasteiger partial charge in [-0.05, 0) is 6.92 Å². The van der Waals surface area contributed by atoms with Crippen LogP contribution in [0.3, 0.4) is 0 Å². The summed E-state index contributed by atoms with van der Waals surface area (Å²) in [6.07, 6.45) is -0.0965. The van der Waals surface area contributed by atoms with Gasteiger partial charge in [0.2, 0.25) is 11.8 Å². The fraction of sp³-hybridized carbons (Fsp3) is 0.455. The van der Waals surface area contributed by atoms with Gasteiger partial charge < -0.3 is 20.3 Å². The van der Waals surface area contributed by atoms with Crippen molar-refractivity contribution in [2.75, 3.05) is 19.0 Å². The summed E-state index contributed by atoms with van der Waals surface area (Å²) in [5.74, 6) is -0.970. The van der Waals surface area contributed by atoms with E-state index in [1.54, 1.807) is 13.0 Å². The molecule has 0 radical (unpaired) electrons. The number of urea groups is 1. The third kappa shape index (κ3) is 4.69. The van der Waals surface area contributed by atoms with Crippen molar-refractivity contribution in [1.82, 2.24) is 15.3 Å². The largest absolute Gasteiger partial charge is 0.481 e. The monoisotopic (exact) mass is 284 g/mol. The van der Waals surface area contributed by atoms with Gasteiger partial charge in [-0.15, -0.1) is 0 Å². The predicted octanol–water partition coefficient (Wildman–Crippen LogP) is -0.249. The normalized spacial score (nSPS) is 11.6. The maximum atomic E-state index is 11.6. The van der Waals surface area contributed by atoms with Crippen molar-refractivity contribution in [3.63, 3.8) is 0 Å². The molecule has 1 unspecified atom stereocenters. The molecule has 0 fully saturated rings. The van der Waals surface area contributed by atoms with Crippen LogP contribution in [-0.2, 0) is 4.79 Å². The zero-order valence-electron chi connectivity index (χ0n) is 11.1. The quantitative estimate of drug-likeness (QED) is 0.566. The Morgan fingerprint density at radius 3 is 2.70 bits per heavy atom. The molecule has 1 heterocycles. The maximum absolute atomic E-state index is 11.6. The number of ether oxygens (including phenoxy) is 1. The van der Waals surface area contributed by atoms with Crippen molar-refractivity contribution >= 4 is 17.9 Å². The molecule has 1 aromatic heterocycles. The van der Waals surface area contributed by atoms with Gasteiger partial charge in [0.15, 0.2) is 0 Å². The van der Waals surface area contributed by atoms with Crippen molar-refractivity contribution in [3.8, 4) is 5.88 Å². The number of carbonyl (C=O) groups is 2. The molecule has 0 saturated carbocycles. The molecule has 0 bridgehead atoms. The van der Waals surface area contributed by atoms with E-state index in [2.05, 4.69) is 20.6 Å². The van der Waals surface area contributed by atoms with Gasteiger partial charge in [0.1, 0.15) is 6.04 Å². The molecule has 9 nitrogen and oxygen atoms in total. The molecular weight excluding hydrogens is 268 g/mol. The Balaban J connectivity index is 2.70. The molecule has 1 atom stereocenters. The lowest BCUT2D eigenvalue weighted by atomic mass is 10.2. The predicted molar refractivity (Wildman–Crippen MR) is 68.6 cm³/mol. The Hall–Kier alpha value is -2.42. The number of aliphatic hydroxyl groups excluding tert-OH is 1. The summed E-state index contributed by atoms with van der Waals surface area (Å²) < 4.78 is 4.93. The minimum atomic E-state index is -1.24. The first kappa shape index (κ1) is 15.6. The van der Waals surface area contributed by atoms with E-state index in [9.17, 15) is 9.59 Å². The van der Waals surface area contributed by atoms with Crippen molar-refractivity contribution < 1.29 is 24.5 Å². The van der Waals surface area contributed by atoms with Crippen molar-refractivity contribution in [2.45, 2.75) is 19.4 Å². The lowest BCUT2D eigenvalue weighted by molar-refractivity contribution is -0.139. The Labute approximate surface area is 115 Å². The fourth-order valence-corrected chi connectivity index (χ4v) is 1.38. The maximum Gasteiger partial charge on any atom is 0.326 e. The number of carbonyl (C=O) groups excluding carboxylic acids is 1. The summed E-state index contributed by atoms with van der Waals surface area (Å²) in [6.45, 7) is 1.34. The van der Waals surface area contributed by atoms with Crippen LogP contribution < -0.4 is 15.4 Å². The van der Waals surface area contributed by atoms with E-state index in [4.69, 9.17) is 14.9 Å². The molecule has 0 saturated heterocycles. The van der Waals surface area contributed by atoms with Gasteiger partial charge in [0.05, 0.1) is 7.11 Å². The number of hydrogen-bond donors (Lipinski definition) is 4. The molecule has 4 N–H and O–H groups in total. The summed E-state index contributed by atoms with van der Waals surface area (Å²) in [7, 11) is 1.42. The summed E-state index contributed by atoms with van der Waals surface area (Å²) in [4.78, 5) is 30.3. The second-order valence-corrected chi connectivity index (χ2v) is 3.88. The zero-order valence-corrected chi connectivity index (χ0v) is 11.1. The number of aliphatic hydroxyl groups is 1. The zero-order chi connectivity index (χ0) is 15.1. The SMILES string of the molecule is COc1cc(C)nc(NC(=O)NC(CCO)C(=O)O)n1. The minimum absolute atomic E-state index is 0.00696. The van der Waals surface area contributed by atoms with Crippen molar-refractivity contribution in [3.05, 3.63) is 11.8 Å². The van der Waals surface area contributed by atoms with E-state index >= 15 is 0 Å². The molecule has 110 valence electrons. The number of carboxylic acids is 1. The Bertz CT molecular complexity index is 494. The molecule has 0 spiro atoms. The highest BCUT2D eigenvalue weighted by Gasteiger charge is 2.19. The highest BCUT2D eigenvalue weighted by molar-refractivity contribution is 5.90. The summed E-state index contributed by atoms with van der Waals surface area (Å²) >= 11 is 0. The Kier molecular flexibility index (Phi) is 5.66. The van der Waals surface area contributed by atoms with Crippen LogP contribution in [0.1, 0.15) is 12.1 Å². The van der Waals surface area contributed by atoms with Gasteiger partial charge in [-0.2, -0.15) is 4.98 Å². The molecule has 9 heteroatoms. The molecule has 0 aliphatic rings. The number of aromatic nitrogens is 2. The number of aryl methyl sites for hydroxylation is 1. The third-order valence-corrected chi connectivity index (χ3v) is 2.29. The van der Waals surface area contributed by atoms with Crippen LogP contribution in [0.25, 0.3) is 0 Å². The van der Waals surface area contributed by atoms with E-state index in [1.165, 1.54) is 7.11 Å². The lowest BCUT2D eigenvalue weighted by Gasteiger charge is -2.13. The molecular formula is C11H16N4O5. The first-order chi connectivity index (χ1) is 9.46. The molecule has 1 rings (SSSR count). The number of carboxylic acid groups (broad SMARTS) is 1. The van der Waals surface area contributed by atoms with Crippen LogP contribution in [0.2, 0.25) is 0 Å². The second kappa shape index (κ2) is 7.24. The molecule has 1 aromatic rings. The smallest absolute Gasteiger partial charge is 0.326 e. The van der Waals surface area contributed by atoms with Crippen LogP contribution in [0, 0.1) is 6.92 Å². The van der Waals surface area contributed by atoms with Crippen LogP contribution >= 0.6 is 0 Å². The van der Waals surface area contributed by atoms with Crippen LogP contribution in [0.5, 0.6) is 5.88 Å². The van der Waals surface area contributed by atoms with Crippen LogP contribution in [0.4, 0.5) is 10.7 Å². The van der Waals surface area contributed by atoms with Crippen LogP contribution in [-0.4, -0.2) is 51.9 Å². The number of nitrogens with one attached hydrogen (secondary N) is 2. The lowest BCUT2D eigenvalue weighted by Crippen LogP contribution is -2.43. The van der Waals surface area contributed by atoms with E-state index in [0.717, 1.165) is 0 Å². The number of amides is 2. The van der Waals surface area contributed by atoms with Gasteiger partial charge in [-0.25, -0.2) is 14.6 Å². The molecule has 0 aromatic carbocycles. The van der Waals surface area contributed by atoms with Crippen molar-refractivity contribution in [2.24, 2.45) is 0 Å². The first-order valence-electron chi connectivity index (χ1n) is 5.77. The second-order valence-electron chi connectivity index (χ2n) is 3.88. The number of anilines is 1. The van der Waals surface area contributed by atoms with E-state index in [-0.39, 0.29) is 24.9 Å². The number of aliphatic carboxylic acids is 1. The highest BCUT2D eigenvalue weighted by Crippen LogP contribution is 2.10. The fourth-order valence-electron chi connectivity index (χ4n) is 1.38. The van der Waals surface area contributed by atoms with Gasteiger partial charge in [0, 0.05) is 24.8 Å². The number of nitrogens with zero attached hydrogens (tertiary/aromatic N) is 2. The molecule has 2 amide bonds. The molecule has 0 aliphatic heterocycles. The Morgan fingerprint density at radius 2 is 2.15 bits per heavy atom. The third-order valence-electron chi connectivity index (χ3n) is 2.29. The van der Waals surface area contributed by atoms with Gasteiger partial charge in [-0.1, -0.05) is 0 Å². The number of hydrogen-bond acceptors (Lipinski definition) is 6. The Morgan fingerprint density at radius 1 is 1.45 bits per heavy atom. The summed E-state index contributed by atoms with van der Waals surface area (Å²) in [5.41, 5.74) is 0.581. The van der Waals surface area contributed by atoms with Gasteiger partial charge in [0.25, 0.3) is 0 Å². The van der Waals surface area contributed by atoms with E-state index in [0.29, 0.717) is 5.69 Å².